The van der Waals surface area contributed by atoms with E-state index in [0.29, 0.717) is 17.1 Å². The van der Waals surface area contributed by atoms with Gasteiger partial charge in [-0.15, -0.1) is 0 Å². The molecule has 1 aliphatic rings. The van der Waals surface area contributed by atoms with Crippen LogP contribution in [0, 0.1) is 6.92 Å². The molecular weight excluding hydrogens is 354 g/mol. The summed E-state index contributed by atoms with van der Waals surface area (Å²) in [7, 11) is -3.69. The van der Waals surface area contributed by atoms with Gasteiger partial charge in [-0.05, 0) is 43.2 Å². The Labute approximate surface area is 153 Å². The molecule has 0 aromatic heterocycles. The van der Waals surface area contributed by atoms with E-state index in [9.17, 15) is 13.5 Å². The summed E-state index contributed by atoms with van der Waals surface area (Å²) in [5.74, 6) is 1.14. The van der Waals surface area contributed by atoms with Crippen LogP contribution in [0.1, 0.15) is 23.6 Å². The van der Waals surface area contributed by atoms with Gasteiger partial charge in [0.15, 0.2) is 11.5 Å². The number of aryl methyl sites for hydroxylation is 1. The van der Waals surface area contributed by atoms with Crippen LogP contribution < -0.4 is 14.2 Å². The van der Waals surface area contributed by atoms with Crippen LogP contribution in [0.4, 0.5) is 0 Å². The molecule has 7 heteroatoms. The fourth-order valence-corrected chi connectivity index (χ4v) is 3.38. The molecule has 0 fully saturated rings. The zero-order valence-corrected chi connectivity index (χ0v) is 15.4. The van der Waals surface area contributed by atoms with E-state index < -0.39 is 15.6 Å². The van der Waals surface area contributed by atoms with Crippen molar-refractivity contribution >= 4 is 16.1 Å². The van der Waals surface area contributed by atoms with E-state index in [4.69, 9.17) is 9.47 Å². The van der Waals surface area contributed by atoms with Gasteiger partial charge in [0.2, 0.25) is 16.8 Å². The van der Waals surface area contributed by atoms with Gasteiger partial charge in [-0.2, -0.15) is 0 Å². The highest BCUT2D eigenvalue weighted by molar-refractivity contribution is 7.92. The standard InChI is InChI=1S/C19H21NO5S/c1-14-3-5-15(6-4-14)9-10-26(22,23)20-12-19(2,21)16-7-8-17-18(11-16)25-13-24-17/h3-11,20-21H,12-13H2,1-2H3/b10-9+/t19-/m1/s1. The fraction of sp³-hybridized carbons (Fsp3) is 0.263. The first-order chi connectivity index (χ1) is 12.3. The van der Waals surface area contributed by atoms with Gasteiger partial charge in [-0.25, -0.2) is 13.1 Å². The second-order valence-electron chi connectivity index (χ2n) is 6.42. The smallest absolute Gasteiger partial charge is 0.233 e. The molecule has 1 aliphatic heterocycles. The average Bonchev–Trinajstić information content (AvgIpc) is 3.08. The molecule has 2 aromatic carbocycles. The molecule has 0 radical (unpaired) electrons. The summed E-state index contributed by atoms with van der Waals surface area (Å²) < 4.78 is 37.3. The van der Waals surface area contributed by atoms with E-state index >= 15 is 0 Å². The third-order valence-electron chi connectivity index (χ3n) is 4.13. The van der Waals surface area contributed by atoms with Gasteiger partial charge >= 0.3 is 0 Å². The SMILES string of the molecule is Cc1ccc(/C=C/S(=O)(=O)NC[C@@](C)(O)c2ccc3c(c2)OCO3)cc1. The van der Waals surface area contributed by atoms with Gasteiger partial charge in [0.25, 0.3) is 0 Å². The first kappa shape index (κ1) is 18.4. The van der Waals surface area contributed by atoms with Crippen molar-refractivity contribution in [1.29, 1.82) is 0 Å². The minimum Gasteiger partial charge on any atom is -0.454 e. The van der Waals surface area contributed by atoms with E-state index in [-0.39, 0.29) is 13.3 Å². The number of rotatable bonds is 6. The average molecular weight is 375 g/mol. The molecule has 0 aliphatic carbocycles. The monoisotopic (exact) mass is 375 g/mol. The predicted octanol–water partition coefficient (Wildman–Crippen LogP) is 2.52. The Hall–Kier alpha value is -2.35. The maximum Gasteiger partial charge on any atom is 0.233 e. The van der Waals surface area contributed by atoms with Crippen molar-refractivity contribution in [3.63, 3.8) is 0 Å². The van der Waals surface area contributed by atoms with Gasteiger partial charge in [0.05, 0.1) is 0 Å². The van der Waals surface area contributed by atoms with Crippen molar-refractivity contribution in [3.05, 3.63) is 64.6 Å². The Morgan fingerprint density at radius 1 is 1.15 bits per heavy atom. The lowest BCUT2D eigenvalue weighted by Crippen LogP contribution is -2.37. The molecule has 1 atom stereocenters. The molecule has 1 heterocycles. The topological polar surface area (TPSA) is 84.9 Å². The van der Waals surface area contributed by atoms with Crippen molar-refractivity contribution < 1.29 is 23.0 Å². The fourth-order valence-electron chi connectivity index (χ4n) is 2.47. The third kappa shape index (κ3) is 4.43. The Bertz CT molecular complexity index is 917. The maximum atomic E-state index is 12.2. The van der Waals surface area contributed by atoms with Gasteiger partial charge < -0.3 is 14.6 Å². The highest BCUT2D eigenvalue weighted by Crippen LogP contribution is 2.35. The zero-order valence-electron chi connectivity index (χ0n) is 14.6. The Balaban J connectivity index is 1.67. The lowest BCUT2D eigenvalue weighted by Gasteiger charge is -2.24. The molecule has 2 aromatic rings. The van der Waals surface area contributed by atoms with Crippen LogP contribution in [-0.2, 0) is 15.6 Å². The van der Waals surface area contributed by atoms with Crippen LogP contribution in [0.2, 0.25) is 0 Å². The molecule has 2 N–H and O–H groups in total. The number of aliphatic hydroxyl groups is 1. The summed E-state index contributed by atoms with van der Waals surface area (Å²) in [4.78, 5) is 0. The van der Waals surface area contributed by atoms with E-state index in [2.05, 4.69) is 4.72 Å². The molecule has 0 unspecified atom stereocenters. The van der Waals surface area contributed by atoms with Gasteiger partial charge in [0.1, 0.15) is 5.60 Å². The highest BCUT2D eigenvalue weighted by atomic mass is 32.2. The van der Waals surface area contributed by atoms with Crippen molar-refractivity contribution in [2.45, 2.75) is 19.4 Å². The maximum absolute atomic E-state index is 12.2. The number of hydrogen-bond donors (Lipinski definition) is 2. The molecule has 26 heavy (non-hydrogen) atoms. The summed E-state index contributed by atoms with van der Waals surface area (Å²) in [5, 5.41) is 11.7. The first-order valence-electron chi connectivity index (χ1n) is 8.12. The number of hydrogen-bond acceptors (Lipinski definition) is 5. The molecule has 0 spiro atoms. The number of ether oxygens (including phenoxy) is 2. The minimum absolute atomic E-state index is 0.136. The van der Waals surface area contributed by atoms with E-state index in [1.165, 1.54) is 13.0 Å². The summed E-state index contributed by atoms with van der Waals surface area (Å²) in [6.07, 6.45) is 1.51. The van der Waals surface area contributed by atoms with Crippen molar-refractivity contribution in [2.24, 2.45) is 0 Å². The van der Waals surface area contributed by atoms with Crippen LogP contribution in [-0.4, -0.2) is 26.9 Å². The van der Waals surface area contributed by atoms with Crippen molar-refractivity contribution in [1.82, 2.24) is 4.72 Å². The largest absolute Gasteiger partial charge is 0.454 e. The molecule has 6 nitrogen and oxygen atoms in total. The number of nitrogens with one attached hydrogen (secondary N) is 1. The molecule has 0 saturated carbocycles. The number of fused-ring (bicyclic) bond motifs is 1. The molecular formula is C19H21NO5S. The van der Waals surface area contributed by atoms with Crippen LogP contribution in [0.3, 0.4) is 0 Å². The molecule has 3 rings (SSSR count). The predicted molar refractivity (Wildman–Crippen MR) is 99.3 cm³/mol. The summed E-state index contributed by atoms with van der Waals surface area (Å²) in [6, 6.07) is 12.5. The lowest BCUT2D eigenvalue weighted by atomic mass is 9.96. The highest BCUT2D eigenvalue weighted by Gasteiger charge is 2.27. The normalized spacial score (nSPS) is 16.0. The zero-order chi connectivity index (χ0) is 18.8. The molecule has 0 amide bonds. The van der Waals surface area contributed by atoms with Crippen molar-refractivity contribution in [2.75, 3.05) is 13.3 Å². The van der Waals surface area contributed by atoms with Crippen LogP contribution >= 0.6 is 0 Å². The van der Waals surface area contributed by atoms with Gasteiger partial charge in [0, 0.05) is 12.0 Å². The molecule has 138 valence electrons. The Morgan fingerprint density at radius 3 is 2.58 bits per heavy atom. The first-order valence-corrected chi connectivity index (χ1v) is 9.67. The van der Waals surface area contributed by atoms with Crippen LogP contribution in [0.25, 0.3) is 6.08 Å². The number of sulfonamides is 1. The summed E-state index contributed by atoms with van der Waals surface area (Å²) in [6.45, 7) is 3.46. The number of benzene rings is 2. The molecule has 0 bridgehead atoms. The van der Waals surface area contributed by atoms with Crippen LogP contribution in [0.5, 0.6) is 11.5 Å². The quantitative estimate of drug-likeness (QED) is 0.810. The van der Waals surface area contributed by atoms with Crippen molar-refractivity contribution in [3.8, 4) is 11.5 Å². The van der Waals surface area contributed by atoms with Gasteiger partial charge in [-0.3, -0.25) is 0 Å². The third-order valence-corrected chi connectivity index (χ3v) is 5.17. The van der Waals surface area contributed by atoms with E-state index in [1.54, 1.807) is 18.2 Å². The van der Waals surface area contributed by atoms with Crippen LogP contribution in [0.15, 0.2) is 47.9 Å². The Morgan fingerprint density at radius 2 is 1.85 bits per heavy atom. The summed E-state index contributed by atoms with van der Waals surface area (Å²) >= 11 is 0. The lowest BCUT2D eigenvalue weighted by molar-refractivity contribution is 0.0626. The second-order valence-corrected chi connectivity index (χ2v) is 8.07. The second kappa shape index (κ2) is 7.11. The Kier molecular flexibility index (Phi) is 5.04. The molecule has 0 saturated heterocycles. The summed E-state index contributed by atoms with van der Waals surface area (Å²) in [5.41, 5.74) is 1.02. The van der Waals surface area contributed by atoms with E-state index in [1.807, 2.05) is 31.2 Å². The van der Waals surface area contributed by atoms with E-state index in [0.717, 1.165) is 16.5 Å². The van der Waals surface area contributed by atoms with Gasteiger partial charge in [-0.1, -0.05) is 35.9 Å². The minimum atomic E-state index is -3.69.